The van der Waals surface area contributed by atoms with E-state index in [-0.39, 0.29) is 59.9 Å². The molecule has 434 valence electrons. The first-order valence-electron chi connectivity index (χ1n) is 29.5. The Kier molecular flexibility index (Phi) is 17.1. The Hall–Kier alpha value is -7.18. The quantitative estimate of drug-likeness (QED) is 0.0697. The second-order valence-electron chi connectivity index (χ2n) is 23.9. The van der Waals surface area contributed by atoms with Crippen LogP contribution in [0.4, 0.5) is 16.0 Å². The lowest BCUT2D eigenvalue weighted by Crippen LogP contribution is -2.52. The van der Waals surface area contributed by atoms with E-state index >= 15 is 4.39 Å². The molecule has 82 heavy (non-hydrogen) atoms. The number of aryl methyl sites for hydroxylation is 1. The van der Waals surface area contributed by atoms with Crippen molar-refractivity contribution in [2.75, 3.05) is 63.0 Å². The third-order valence-electron chi connectivity index (χ3n) is 18.2. The molecule has 6 aromatic rings. The maximum atomic E-state index is 15.8. The highest BCUT2D eigenvalue weighted by Gasteiger charge is 2.44. The van der Waals surface area contributed by atoms with Gasteiger partial charge in [0.05, 0.1) is 59.1 Å². The number of aromatic nitrogens is 7. The lowest BCUT2D eigenvalue weighted by atomic mass is 9.83. The van der Waals surface area contributed by atoms with E-state index in [1.165, 1.54) is 15.8 Å². The Balaban J connectivity index is 0.584. The molecule has 19 nitrogen and oxygen atoms in total. The van der Waals surface area contributed by atoms with Gasteiger partial charge in [-0.25, -0.2) is 4.68 Å². The zero-order valence-electron chi connectivity index (χ0n) is 47.8. The van der Waals surface area contributed by atoms with Crippen LogP contribution in [-0.2, 0) is 21.4 Å². The fourth-order valence-electron chi connectivity index (χ4n) is 13.1. The number of para-hydroxylation sites is 1. The molecule has 2 aromatic carbocycles. The third kappa shape index (κ3) is 12.4. The van der Waals surface area contributed by atoms with Crippen molar-refractivity contribution in [2.24, 2.45) is 24.8 Å². The van der Waals surface area contributed by atoms with Crippen molar-refractivity contribution < 1.29 is 33.5 Å². The van der Waals surface area contributed by atoms with E-state index in [9.17, 15) is 19.8 Å². The number of nitrogens with two attached hydrogens (primary N) is 1. The number of likely N-dealkylation sites (tertiary alicyclic amines) is 3. The van der Waals surface area contributed by atoms with Crippen LogP contribution in [0.2, 0.25) is 0 Å². The number of aromatic hydroxyl groups is 1. The summed E-state index contributed by atoms with van der Waals surface area (Å²) in [5, 5.41) is 45.5. The number of β-amino-alcohol motifs (C(OH)–C–C–N with tert-alkyl or cyclic N) is 1. The standard InChI is InChI=1S/C62H78FN13O6/c1-38(2)58(62(80)75-37-48(77)33-54(75)61(79)67-39(3)42-10-12-44(13-11-42)53-16-23-65-71(53)5)56-34-57(70-82-56)74-26-17-41(18-27-74)36-72-24-21-49(22-25-72)81-50-31-47(32-50)73-28-19-43(20-29-73)40(4)76-59(63)46(35-66-76)15-14-45-30-52(68-69-60(45)64)51-8-6-7-9-55(51)78/h6-13,16,23,30,34-35,38-41,43,47-50,54,58,77-78H,17-22,24-29,31-33,36-37H2,1-5H3,(H2,64,69)(H,67,79)/t39-,40?,47?,48+,50?,54-,58+/m0/s1. The number of ether oxygens (including phenoxy) is 1. The van der Waals surface area contributed by atoms with Gasteiger partial charge in [0.15, 0.2) is 17.4 Å². The predicted octanol–water partition coefficient (Wildman–Crippen LogP) is 7.34. The number of rotatable bonds is 16. The summed E-state index contributed by atoms with van der Waals surface area (Å²) < 4.78 is 31.7. The maximum absolute atomic E-state index is 15.8. The summed E-state index contributed by atoms with van der Waals surface area (Å²) >= 11 is 0. The Morgan fingerprint density at radius 2 is 1.60 bits per heavy atom. The van der Waals surface area contributed by atoms with Crippen LogP contribution in [0.25, 0.3) is 22.5 Å². The maximum Gasteiger partial charge on any atom is 0.243 e. The number of phenols is 1. The molecule has 0 spiro atoms. The van der Waals surface area contributed by atoms with Gasteiger partial charge in [0.1, 0.15) is 17.7 Å². The van der Waals surface area contributed by atoms with Crippen LogP contribution in [0.15, 0.2) is 83.6 Å². The number of hydrogen-bond donors (Lipinski definition) is 4. The number of piperidine rings is 3. The fourth-order valence-corrected chi connectivity index (χ4v) is 13.1. The molecule has 5 fully saturated rings. The van der Waals surface area contributed by atoms with E-state index in [4.69, 9.17) is 15.0 Å². The van der Waals surface area contributed by atoms with Crippen molar-refractivity contribution in [3.8, 4) is 40.1 Å². The number of nitrogens with zero attached hydrogens (tertiary/aromatic N) is 11. The van der Waals surface area contributed by atoms with Gasteiger partial charge < -0.3 is 50.1 Å². The summed E-state index contributed by atoms with van der Waals surface area (Å²) in [6.07, 6.45) is 11.5. The van der Waals surface area contributed by atoms with Crippen LogP contribution in [0, 0.1) is 35.5 Å². The molecule has 4 aromatic heterocycles. The summed E-state index contributed by atoms with van der Waals surface area (Å²) in [7, 11) is 1.90. The van der Waals surface area contributed by atoms with Gasteiger partial charge in [-0.1, -0.05) is 67.2 Å². The molecule has 5 atom stereocenters. The summed E-state index contributed by atoms with van der Waals surface area (Å²) in [4.78, 5) is 37.2. The van der Waals surface area contributed by atoms with Crippen molar-refractivity contribution in [3.05, 3.63) is 108 Å². The zero-order chi connectivity index (χ0) is 57.2. The Morgan fingerprint density at radius 1 is 0.866 bits per heavy atom. The van der Waals surface area contributed by atoms with E-state index in [1.54, 1.807) is 36.5 Å². The van der Waals surface area contributed by atoms with Crippen LogP contribution in [0.3, 0.4) is 0 Å². The molecule has 5 N–H and O–H groups in total. The van der Waals surface area contributed by atoms with Gasteiger partial charge in [0.25, 0.3) is 0 Å². The van der Waals surface area contributed by atoms with Gasteiger partial charge in [-0.05, 0) is 131 Å². The molecule has 0 bridgehead atoms. The largest absolute Gasteiger partial charge is 0.507 e. The topological polar surface area (TPSA) is 222 Å². The second-order valence-corrected chi connectivity index (χ2v) is 23.9. The average Bonchev–Trinajstić information content (AvgIpc) is 4.33. The minimum Gasteiger partial charge on any atom is -0.507 e. The molecule has 8 heterocycles. The highest BCUT2D eigenvalue weighted by atomic mass is 19.1. The van der Waals surface area contributed by atoms with Crippen LogP contribution in [0.5, 0.6) is 5.75 Å². The number of nitrogen functional groups attached to an aromatic ring is 1. The molecule has 11 rings (SSSR count). The van der Waals surface area contributed by atoms with Crippen molar-refractivity contribution in [3.63, 3.8) is 0 Å². The number of carbonyl (C=O) groups is 2. The molecule has 1 saturated carbocycles. The molecule has 4 saturated heterocycles. The minimum atomic E-state index is -0.809. The molecular formula is C62H78FN13O6. The first kappa shape index (κ1) is 56.7. The Labute approximate surface area is 479 Å². The molecule has 5 aliphatic rings. The molecule has 1 aliphatic carbocycles. The number of hydrogen-bond acceptors (Lipinski definition) is 15. The van der Waals surface area contributed by atoms with Crippen LogP contribution in [0.1, 0.15) is 126 Å². The summed E-state index contributed by atoms with van der Waals surface area (Å²) in [6.45, 7) is 14.8. The van der Waals surface area contributed by atoms with Crippen molar-refractivity contribution in [2.45, 2.75) is 134 Å². The number of aliphatic hydroxyl groups excluding tert-OH is 1. The first-order chi connectivity index (χ1) is 39.6. The highest BCUT2D eigenvalue weighted by Crippen LogP contribution is 2.38. The minimum absolute atomic E-state index is 0.0644. The third-order valence-corrected chi connectivity index (χ3v) is 18.2. The summed E-state index contributed by atoms with van der Waals surface area (Å²) in [5.41, 5.74) is 10.5. The van der Waals surface area contributed by atoms with E-state index < -0.39 is 24.0 Å². The zero-order valence-corrected chi connectivity index (χ0v) is 47.8. The van der Waals surface area contributed by atoms with E-state index in [2.05, 4.69) is 57.4 Å². The van der Waals surface area contributed by atoms with Crippen molar-refractivity contribution in [1.29, 1.82) is 0 Å². The Bertz CT molecular complexity index is 3230. The van der Waals surface area contributed by atoms with Crippen LogP contribution in [-0.4, -0.2) is 154 Å². The number of phenolic OH excluding ortho intramolecular Hbond substituents is 1. The first-order valence-corrected chi connectivity index (χ1v) is 29.5. The van der Waals surface area contributed by atoms with E-state index in [1.807, 2.05) is 75.8 Å². The fraction of sp³-hybridized carbons (Fsp3) is 0.532. The molecule has 20 heteroatoms. The lowest BCUT2D eigenvalue weighted by Gasteiger charge is -2.47. The average molecular weight is 1120 g/mol. The number of amides is 2. The molecule has 4 aliphatic heterocycles. The van der Waals surface area contributed by atoms with Crippen LogP contribution >= 0.6 is 0 Å². The van der Waals surface area contributed by atoms with E-state index in [0.29, 0.717) is 52.7 Å². The van der Waals surface area contributed by atoms with Gasteiger partial charge >= 0.3 is 0 Å². The predicted molar refractivity (Wildman–Crippen MR) is 308 cm³/mol. The highest BCUT2D eigenvalue weighted by molar-refractivity contribution is 5.91. The monoisotopic (exact) mass is 1120 g/mol. The Morgan fingerprint density at radius 3 is 2.30 bits per heavy atom. The number of anilines is 2. The molecule has 0 radical (unpaired) electrons. The molecular weight excluding hydrogens is 1040 g/mol. The lowest BCUT2D eigenvalue weighted by molar-refractivity contribution is -0.141. The van der Waals surface area contributed by atoms with Gasteiger partial charge in [-0.3, -0.25) is 14.3 Å². The van der Waals surface area contributed by atoms with Crippen molar-refractivity contribution >= 4 is 23.5 Å². The number of benzene rings is 2. The summed E-state index contributed by atoms with van der Waals surface area (Å²) in [5.74, 6) is 6.32. The van der Waals surface area contributed by atoms with Crippen LogP contribution < -0.4 is 16.0 Å². The number of halogens is 1. The number of aliphatic hydroxyl groups is 1. The second kappa shape index (κ2) is 24.7. The summed E-state index contributed by atoms with van der Waals surface area (Å²) in [6, 6.07) is 19.6. The van der Waals surface area contributed by atoms with Crippen molar-refractivity contribution in [1.82, 2.24) is 54.9 Å². The van der Waals surface area contributed by atoms with Gasteiger partial charge in [-0.2, -0.15) is 14.6 Å². The normalized spacial score (nSPS) is 22.6. The van der Waals surface area contributed by atoms with Gasteiger partial charge in [0.2, 0.25) is 17.8 Å². The number of nitrogens with one attached hydrogen (secondary N) is 1. The molecule has 1 unspecified atom stereocenters. The van der Waals surface area contributed by atoms with Gasteiger partial charge in [0, 0.05) is 76.6 Å². The van der Waals surface area contributed by atoms with Gasteiger partial charge in [-0.15, -0.1) is 10.2 Å². The molecule has 2 amide bonds. The smallest absolute Gasteiger partial charge is 0.243 e. The SMILES string of the molecule is CC(C)[C@@H](C(=O)N1C[C@H](O)C[C@H]1C(=O)N[C@@H](C)c1ccc(-c2ccnn2C)cc1)c1cc(N2CCC(CN3CCC(OC4CC(N5CCC(C(C)n6ncc(C#Cc7cc(-c8ccccc8O)nnc7N)c6F)CC5)C4)CC3)CC2)no1. The number of carbonyl (C=O) groups excluding carboxylic acids is 2. The van der Waals surface area contributed by atoms with E-state index in [0.717, 1.165) is 120 Å².